The first-order valence-corrected chi connectivity index (χ1v) is 7.98. The van der Waals surface area contributed by atoms with Gasteiger partial charge in [0.1, 0.15) is 12.7 Å². The Morgan fingerprint density at radius 3 is 2.00 bits per heavy atom. The molecule has 0 aliphatic carbocycles. The minimum atomic E-state index is -0.0247. The molecule has 0 radical (unpaired) electrons. The summed E-state index contributed by atoms with van der Waals surface area (Å²) in [5.41, 5.74) is 7.73. The van der Waals surface area contributed by atoms with Crippen LogP contribution in [0.3, 0.4) is 0 Å². The van der Waals surface area contributed by atoms with Crippen LogP contribution in [0.1, 0.15) is 47.2 Å². The molecule has 0 atom stereocenters. The number of benzene rings is 1. The highest BCUT2D eigenvalue weighted by Gasteiger charge is 2.25. The zero-order chi connectivity index (χ0) is 17.1. The van der Waals surface area contributed by atoms with E-state index in [0.717, 1.165) is 16.7 Å². The molecule has 126 valence electrons. The first kappa shape index (κ1) is 17.3. The lowest BCUT2D eigenvalue weighted by atomic mass is 9.87. The van der Waals surface area contributed by atoms with Crippen molar-refractivity contribution in [2.24, 2.45) is 10.3 Å². The number of hydrogen-bond donors (Lipinski definition) is 0. The van der Waals surface area contributed by atoms with Crippen LogP contribution in [0, 0.1) is 34.6 Å². The van der Waals surface area contributed by atoms with Crippen LogP contribution < -0.4 is 0 Å². The van der Waals surface area contributed by atoms with Crippen LogP contribution in [0.25, 0.3) is 0 Å². The summed E-state index contributed by atoms with van der Waals surface area (Å²) in [5.74, 6) is 0.380. The minimum absolute atomic E-state index is 0.0247. The molecule has 5 nitrogen and oxygen atoms in total. The van der Waals surface area contributed by atoms with E-state index in [4.69, 9.17) is 14.4 Å². The van der Waals surface area contributed by atoms with Crippen LogP contribution in [-0.4, -0.2) is 30.9 Å². The molecule has 1 aromatic rings. The second-order valence-corrected chi connectivity index (χ2v) is 6.17. The first-order valence-electron chi connectivity index (χ1n) is 7.98. The van der Waals surface area contributed by atoms with Gasteiger partial charge in [-0.2, -0.15) is 0 Å². The number of nitrogens with zero attached hydrogens (tertiary/aromatic N) is 2. The quantitative estimate of drug-likeness (QED) is 0.628. The molecule has 0 saturated carbocycles. The summed E-state index contributed by atoms with van der Waals surface area (Å²) >= 11 is 0. The summed E-state index contributed by atoms with van der Waals surface area (Å²) in [6.07, 6.45) is -0.0247. The lowest BCUT2D eigenvalue weighted by molar-refractivity contribution is 0.0650. The Morgan fingerprint density at radius 2 is 1.52 bits per heavy atom. The van der Waals surface area contributed by atoms with Gasteiger partial charge in [0.15, 0.2) is 12.3 Å². The molecule has 2 rings (SSSR count). The van der Waals surface area contributed by atoms with Crippen molar-refractivity contribution in [2.45, 2.75) is 54.6 Å². The molecule has 0 amide bonds. The summed E-state index contributed by atoms with van der Waals surface area (Å²) in [5, 5.41) is 8.36. The Kier molecular flexibility index (Phi) is 5.29. The highest BCUT2D eigenvalue weighted by Crippen LogP contribution is 2.27. The predicted molar refractivity (Wildman–Crippen MR) is 92.2 cm³/mol. The lowest BCUT2D eigenvalue weighted by Gasteiger charge is -2.21. The predicted octanol–water partition coefficient (Wildman–Crippen LogP) is 3.72. The van der Waals surface area contributed by atoms with Crippen LogP contribution in [0.5, 0.6) is 0 Å². The van der Waals surface area contributed by atoms with E-state index < -0.39 is 0 Å². The van der Waals surface area contributed by atoms with Gasteiger partial charge >= 0.3 is 0 Å². The number of ether oxygens (including phenoxy) is 1. The van der Waals surface area contributed by atoms with Crippen molar-refractivity contribution in [1.29, 1.82) is 0 Å². The maximum absolute atomic E-state index is 5.66. The van der Waals surface area contributed by atoms with Gasteiger partial charge in [0.2, 0.25) is 0 Å². The summed E-state index contributed by atoms with van der Waals surface area (Å²) in [6.45, 7) is 15.4. The van der Waals surface area contributed by atoms with Crippen LogP contribution in [0.15, 0.2) is 10.3 Å². The average Bonchev–Trinajstić information content (AvgIpc) is 2.54. The average molecular weight is 318 g/mol. The number of rotatable bonds is 4. The summed E-state index contributed by atoms with van der Waals surface area (Å²) in [7, 11) is 0. The Bertz CT molecular complexity index is 632. The Hall–Kier alpha value is -2.04. The van der Waals surface area contributed by atoms with Gasteiger partial charge in [0.25, 0.3) is 5.90 Å². The fourth-order valence-corrected chi connectivity index (χ4v) is 2.62. The summed E-state index contributed by atoms with van der Waals surface area (Å²) in [6, 6.07) is 0. The molecule has 1 aromatic carbocycles. The lowest BCUT2D eigenvalue weighted by Crippen LogP contribution is -2.27. The van der Waals surface area contributed by atoms with Crippen molar-refractivity contribution >= 4 is 11.6 Å². The highest BCUT2D eigenvalue weighted by molar-refractivity contribution is 6.46. The van der Waals surface area contributed by atoms with Gasteiger partial charge in [-0.3, -0.25) is 0 Å². The topological polar surface area (TPSA) is 52.4 Å². The molecule has 5 heteroatoms. The van der Waals surface area contributed by atoms with Gasteiger partial charge in [-0.25, -0.2) is 0 Å². The zero-order valence-corrected chi connectivity index (χ0v) is 15.1. The van der Waals surface area contributed by atoms with Gasteiger partial charge in [-0.05, 0) is 81.4 Å². The van der Waals surface area contributed by atoms with Crippen molar-refractivity contribution in [3.63, 3.8) is 0 Å². The Morgan fingerprint density at radius 1 is 0.957 bits per heavy atom. The van der Waals surface area contributed by atoms with Crippen molar-refractivity contribution in [3.05, 3.63) is 33.4 Å². The van der Waals surface area contributed by atoms with E-state index in [1.807, 2.05) is 13.8 Å². The molecule has 0 saturated heterocycles. The second-order valence-electron chi connectivity index (χ2n) is 6.17. The van der Waals surface area contributed by atoms with Crippen LogP contribution >= 0.6 is 0 Å². The fourth-order valence-electron chi connectivity index (χ4n) is 2.62. The molecule has 0 fully saturated rings. The molecule has 1 heterocycles. The minimum Gasteiger partial charge on any atom is -0.470 e. The number of oxime groups is 2. The molecular weight excluding hydrogens is 292 g/mol. The highest BCUT2D eigenvalue weighted by atomic mass is 16.7. The molecule has 1 aliphatic rings. The maximum atomic E-state index is 5.66. The third-order valence-electron chi connectivity index (χ3n) is 4.36. The van der Waals surface area contributed by atoms with E-state index >= 15 is 0 Å². The fraction of sp³-hybridized carbons (Fsp3) is 0.556. The van der Waals surface area contributed by atoms with Crippen molar-refractivity contribution < 1.29 is 14.4 Å². The monoisotopic (exact) mass is 318 g/mol. The molecule has 23 heavy (non-hydrogen) atoms. The molecule has 0 unspecified atom stereocenters. The first-order chi connectivity index (χ1) is 10.8. The van der Waals surface area contributed by atoms with E-state index in [1.165, 1.54) is 16.7 Å². The van der Waals surface area contributed by atoms with Gasteiger partial charge in [0.05, 0.1) is 0 Å². The summed E-state index contributed by atoms with van der Waals surface area (Å²) < 4.78 is 5.66. The normalized spacial score (nSPS) is 15.1. The smallest absolute Gasteiger partial charge is 0.280 e. The molecule has 0 spiro atoms. The van der Waals surface area contributed by atoms with E-state index in [-0.39, 0.29) is 6.10 Å². The molecule has 0 N–H and O–H groups in total. The Labute approximate surface area is 138 Å². The Balaban J connectivity index is 2.65. The third-order valence-corrected chi connectivity index (χ3v) is 4.36. The maximum Gasteiger partial charge on any atom is 0.280 e. The van der Waals surface area contributed by atoms with Crippen LogP contribution in [0.2, 0.25) is 0 Å². The standard InChI is InChI=1S/C18H26N2O3/c1-10(2)23-19-17(18-20-22-9-8-21-18)16-14(6)12(4)11(3)13(5)15(16)7/h10H,8-9H2,1-7H3/b19-17+. The molecule has 1 aliphatic heterocycles. The van der Waals surface area contributed by atoms with Gasteiger partial charge in [-0.15, -0.1) is 0 Å². The summed E-state index contributed by atoms with van der Waals surface area (Å²) in [4.78, 5) is 10.7. The SMILES string of the molecule is Cc1c(C)c(C)c(/C(=N\OC(C)C)C2=NOCCO2)c(C)c1C. The molecular formula is C18H26N2O3. The number of hydrogen-bond acceptors (Lipinski definition) is 5. The zero-order valence-electron chi connectivity index (χ0n) is 15.1. The van der Waals surface area contributed by atoms with Gasteiger partial charge < -0.3 is 14.4 Å². The van der Waals surface area contributed by atoms with E-state index in [0.29, 0.717) is 24.8 Å². The van der Waals surface area contributed by atoms with Crippen molar-refractivity contribution in [1.82, 2.24) is 0 Å². The molecule has 0 aromatic heterocycles. The van der Waals surface area contributed by atoms with Crippen LogP contribution in [0.4, 0.5) is 0 Å². The van der Waals surface area contributed by atoms with Crippen molar-refractivity contribution in [3.8, 4) is 0 Å². The van der Waals surface area contributed by atoms with Gasteiger partial charge in [-0.1, -0.05) is 5.16 Å². The second kappa shape index (κ2) is 7.02. The largest absolute Gasteiger partial charge is 0.470 e. The van der Waals surface area contributed by atoms with Crippen molar-refractivity contribution in [2.75, 3.05) is 13.2 Å². The molecule has 0 bridgehead atoms. The van der Waals surface area contributed by atoms with E-state index in [1.54, 1.807) is 0 Å². The van der Waals surface area contributed by atoms with Gasteiger partial charge in [0, 0.05) is 5.56 Å². The van der Waals surface area contributed by atoms with Crippen LogP contribution in [-0.2, 0) is 14.4 Å². The van der Waals surface area contributed by atoms with E-state index in [2.05, 4.69) is 44.9 Å². The van der Waals surface area contributed by atoms with E-state index in [9.17, 15) is 0 Å². The third kappa shape index (κ3) is 3.49.